The van der Waals surface area contributed by atoms with Gasteiger partial charge in [-0.25, -0.2) is 0 Å². The van der Waals surface area contributed by atoms with Gasteiger partial charge in [-0.2, -0.15) is 0 Å². The smallest absolute Gasteiger partial charge is 0.0746 e. The average molecular weight is 272 g/mol. The summed E-state index contributed by atoms with van der Waals surface area (Å²) < 4.78 is 0. The number of benzene rings is 1. The van der Waals surface area contributed by atoms with Gasteiger partial charge in [0, 0.05) is 24.7 Å². The van der Waals surface area contributed by atoms with Crippen molar-refractivity contribution in [2.75, 3.05) is 6.54 Å². The van der Waals surface area contributed by atoms with Gasteiger partial charge in [0.25, 0.3) is 0 Å². The summed E-state index contributed by atoms with van der Waals surface area (Å²) >= 11 is 0. The monoisotopic (exact) mass is 272 g/mol. The Kier molecular flexibility index (Phi) is 4.73. The van der Waals surface area contributed by atoms with Crippen molar-refractivity contribution < 1.29 is 5.11 Å². The SMILES string of the molecule is CC(C)CC(C)(O)CNCc1cccc2cccnc12. The Bertz CT molecular complexity index is 558. The van der Waals surface area contributed by atoms with Crippen LogP contribution in [0.2, 0.25) is 0 Å². The Hall–Kier alpha value is -1.45. The second-order valence-electron chi connectivity index (χ2n) is 6.19. The van der Waals surface area contributed by atoms with E-state index < -0.39 is 5.60 Å². The van der Waals surface area contributed by atoms with E-state index in [4.69, 9.17) is 0 Å². The molecule has 0 saturated carbocycles. The first-order valence-corrected chi connectivity index (χ1v) is 7.24. The molecule has 0 spiro atoms. The number of hydrogen-bond donors (Lipinski definition) is 2. The second-order valence-corrected chi connectivity index (χ2v) is 6.19. The molecule has 1 aromatic heterocycles. The highest BCUT2D eigenvalue weighted by Gasteiger charge is 2.21. The molecule has 0 bridgehead atoms. The van der Waals surface area contributed by atoms with Gasteiger partial charge in [-0.15, -0.1) is 0 Å². The Morgan fingerprint density at radius 3 is 2.75 bits per heavy atom. The van der Waals surface area contributed by atoms with Crippen LogP contribution in [0, 0.1) is 5.92 Å². The van der Waals surface area contributed by atoms with Crippen LogP contribution in [0.5, 0.6) is 0 Å². The second kappa shape index (κ2) is 6.33. The fourth-order valence-electron chi connectivity index (χ4n) is 2.73. The highest BCUT2D eigenvalue weighted by atomic mass is 16.3. The molecular formula is C17H24N2O. The molecule has 20 heavy (non-hydrogen) atoms. The van der Waals surface area contributed by atoms with E-state index in [1.54, 1.807) is 0 Å². The zero-order valence-electron chi connectivity index (χ0n) is 12.6. The lowest BCUT2D eigenvalue weighted by molar-refractivity contribution is 0.0383. The van der Waals surface area contributed by atoms with E-state index in [0.29, 0.717) is 12.5 Å². The normalized spacial score (nSPS) is 14.7. The minimum Gasteiger partial charge on any atom is -0.389 e. The maximum absolute atomic E-state index is 10.3. The largest absolute Gasteiger partial charge is 0.389 e. The van der Waals surface area contributed by atoms with Crippen molar-refractivity contribution in [3.8, 4) is 0 Å². The molecule has 2 N–H and O–H groups in total. The Morgan fingerprint density at radius 2 is 2.00 bits per heavy atom. The number of aliphatic hydroxyl groups is 1. The van der Waals surface area contributed by atoms with Crippen molar-refractivity contribution in [2.45, 2.75) is 39.3 Å². The lowest BCUT2D eigenvalue weighted by atomic mass is 9.94. The number of fused-ring (bicyclic) bond motifs is 1. The summed E-state index contributed by atoms with van der Waals surface area (Å²) in [5.41, 5.74) is 1.54. The molecule has 3 heteroatoms. The maximum atomic E-state index is 10.3. The lowest BCUT2D eigenvalue weighted by Crippen LogP contribution is -2.38. The summed E-state index contributed by atoms with van der Waals surface area (Å²) in [6, 6.07) is 10.2. The summed E-state index contributed by atoms with van der Waals surface area (Å²) in [6.07, 6.45) is 2.62. The number of para-hydroxylation sites is 1. The fraction of sp³-hybridized carbons (Fsp3) is 0.471. The van der Waals surface area contributed by atoms with Crippen LogP contribution in [0.25, 0.3) is 10.9 Å². The van der Waals surface area contributed by atoms with Crippen LogP contribution >= 0.6 is 0 Å². The number of rotatable bonds is 6. The molecule has 3 nitrogen and oxygen atoms in total. The number of hydrogen-bond acceptors (Lipinski definition) is 3. The summed E-state index contributed by atoms with van der Waals surface area (Å²) in [5, 5.41) is 14.8. The molecule has 108 valence electrons. The van der Waals surface area contributed by atoms with Gasteiger partial charge in [-0.05, 0) is 30.9 Å². The number of pyridine rings is 1. The van der Waals surface area contributed by atoms with E-state index in [2.05, 4.69) is 42.3 Å². The molecule has 0 aliphatic rings. The van der Waals surface area contributed by atoms with Gasteiger partial charge in [-0.1, -0.05) is 38.1 Å². The molecule has 0 aliphatic carbocycles. The predicted octanol–water partition coefficient (Wildman–Crippen LogP) is 3.12. The molecule has 0 radical (unpaired) electrons. The molecule has 2 aromatic rings. The van der Waals surface area contributed by atoms with Gasteiger partial charge < -0.3 is 10.4 Å². The number of aromatic nitrogens is 1. The molecule has 1 atom stereocenters. The van der Waals surface area contributed by atoms with Crippen LogP contribution in [0.15, 0.2) is 36.5 Å². The van der Waals surface area contributed by atoms with E-state index in [1.165, 1.54) is 5.56 Å². The molecule has 0 fully saturated rings. The standard InChI is InChI=1S/C17H24N2O/c1-13(2)10-17(3,20)12-18-11-15-7-4-6-14-8-5-9-19-16(14)15/h4-9,13,18,20H,10-12H2,1-3H3. The van der Waals surface area contributed by atoms with Gasteiger partial charge >= 0.3 is 0 Å². The van der Waals surface area contributed by atoms with Crippen molar-refractivity contribution in [2.24, 2.45) is 5.92 Å². The number of nitrogens with one attached hydrogen (secondary N) is 1. The lowest BCUT2D eigenvalue weighted by Gasteiger charge is -2.25. The van der Waals surface area contributed by atoms with Crippen LogP contribution in [0.3, 0.4) is 0 Å². The predicted molar refractivity (Wildman–Crippen MR) is 83.5 cm³/mol. The molecule has 0 amide bonds. The van der Waals surface area contributed by atoms with E-state index in [1.807, 2.05) is 25.3 Å². The molecular weight excluding hydrogens is 248 g/mol. The van der Waals surface area contributed by atoms with Crippen molar-refractivity contribution >= 4 is 10.9 Å². The highest BCUT2D eigenvalue weighted by Crippen LogP contribution is 2.17. The van der Waals surface area contributed by atoms with E-state index in [-0.39, 0.29) is 0 Å². The zero-order chi connectivity index (χ0) is 14.6. The number of nitrogens with zero attached hydrogens (tertiary/aromatic N) is 1. The van der Waals surface area contributed by atoms with Crippen LogP contribution in [0.4, 0.5) is 0 Å². The summed E-state index contributed by atoms with van der Waals surface area (Å²) in [5.74, 6) is 0.492. The summed E-state index contributed by atoms with van der Waals surface area (Å²) in [7, 11) is 0. The van der Waals surface area contributed by atoms with Gasteiger partial charge in [0.2, 0.25) is 0 Å². The first-order chi connectivity index (χ1) is 9.48. The molecule has 1 aromatic carbocycles. The third-order valence-electron chi connectivity index (χ3n) is 3.39. The first kappa shape index (κ1) is 14.9. The molecule has 0 aliphatic heterocycles. The minimum atomic E-state index is -0.661. The Balaban J connectivity index is 2.00. The quantitative estimate of drug-likeness (QED) is 0.849. The van der Waals surface area contributed by atoms with Gasteiger partial charge in [0.05, 0.1) is 11.1 Å². The van der Waals surface area contributed by atoms with Gasteiger partial charge in [-0.3, -0.25) is 4.98 Å². The topological polar surface area (TPSA) is 45.1 Å². The first-order valence-electron chi connectivity index (χ1n) is 7.24. The molecule has 1 unspecified atom stereocenters. The van der Waals surface area contributed by atoms with E-state index in [0.717, 1.165) is 23.9 Å². The Labute approximate surface area is 121 Å². The molecule has 1 heterocycles. The van der Waals surface area contributed by atoms with Crippen molar-refractivity contribution in [1.29, 1.82) is 0 Å². The van der Waals surface area contributed by atoms with Crippen LogP contribution in [0.1, 0.15) is 32.8 Å². The third kappa shape index (κ3) is 4.02. The van der Waals surface area contributed by atoms with E-state index >= 15 is 0 Å². The summed E-state index contributed by atoms with van der Waals surface area (Å²) in [4.78, 5) is 4.44. The van der Waals surface area contributed by atoms with Crippen LogP contribution < -0.4 is 5.32 Å². The fourth-order valence-corrected chi connectivity index (χ4v) is 2.73. The van der Waals surface area contributed by atoms with Gasteiger partial charge in [0.1, 0.15) is 0 Å². The zero-order valence-corrected chi connectivity index (χ0v) is 12.6. The minimum absolute atomic E-state index is 0.492. The van der Waals surface area contributed by atoms with Crippen molar-refractivity contribution in [3.63, 3.8) is 0 Å². The van der Waals surface area contributed by atoms with Gasteiger partial charge in [0.15, 0.2) is 0 Å². The average Bonchev–Trinajstić information content (AvgIpc) is 2.37. The van der Waals surface area contributed by atoms with E-state index in [9.17, 15) is 5.11 Å². The maximum Gasteiger partial charge on any atom is 0.0746 e. The van der Waals surface area contributed by atoms with Crippen molar-refractivity contribution in [3.05, 3.63) is 42.1 Å². The van der Waals surface area contributed by atoms with Crippen LogP contribution in [-0.2, 0) is 6.54 Å². The highest BCUT2D eigenvalue weighted by molar-refractivity contribution is 5.81. The Morgan fingerprint density at radius 1 is 1.25 bits per heavy atom. The van der Waals surface area contributed by atoms with Crippen molar-refractivity contribution in [1.82, 2.24) is 10.3 Å². The summed E-state index contributed by atoms with van der Waals surface area (Å²) in [6.45, 7) is 7.46. The third-order valence-corrected chi connectivity index (χ3v) is 3.39. The molecule has 0 saturated heterocycles. The van der Waals surface area contributed by atoms with Crippen LogP contribution in [-0.4, -0.2) is 22.2 Å². The molecule has 2 rings (SSSR count).